The van der Waals surface area contributed by atoms with Gasteiger partial charge in [0.15, 0.2) is 0 Å². The predicted octanol–water partition coefficient (Wildman–Crippen LogP) is 7.36. The molecular weight excluding hydrogens is 459 g/mol. The van der Waals surface area contributed by atoms with Crippen LogP contribution >= 0.6 is 0 Å². The number of para-hydroxylation sites is 2. The second-order valence-corrected chi connectivity index (χ2v) is 15.2. The first-order valence-corrected chi connectivity index (χ1v) is 13.8. The molecule has 186 valence electrons. The van der Waals surface area contributed by atoms with Crippen molar-refractivity contribution in [2.75, 3.05) is 12.0 Å². The lowest BCUT2D eigenvalue weighted by Crippen LogP contribution is -2.65. The number of rotatable bonds is 8. The van der Waals surface area contributed by atoms with Crippen molar-refractivity contribution in [2.24, 2.45) is 0 Å². The summed E-state index contributed by atoms with van der Waals surface area (Å²) in [7, 11) is -0.903. The molecule has 0 spiro atoms. The third-order valence-electron chi connectivity index (χ3n) is 7.01. The van der Waals surface area contributed by atoms with Gasteiger partial charge in [-0.25, -0.2) is 0 Å². The van der Waals surface area contributed by atoms with Crippen LogP contribution in [0.4, 0.5) is 18.9 Å². The zero-order valence-corrected chi connectivity index (χ0v) is 21.8. The third kappa shape index (κ3) is 4.50. The number of alkyl halides is 3. The molecule has 2 aromatic rings. The van der Waals surface area contributed by atoms with Gasteiger partial charge in [-0.2, -0.15) is 13.2 Å². The first-order valence-electron chi connectivity index (χ1n) is 11.7. The van der Waals surface area contributed by atoms with Gasteiger partial charge in [0.1, 0.15) is 11.9 Å². The van der Waals surface area contributed by atoms with Crippen LogP contribution in [0.2, 0.25) is 16.6 Å². The number of halogens is 3. The van der Waals surface area contributed by atoms with Gasteiger partial charge in [-0.05, 0) is 46.5 Å². The average Bonchev–Trinajstić information content (AvgIpc) is 2.76. The van der Waals surface area contributed by atoms with Crippen molar-refractivity contribution in [2.45, 2.75) is 76.5 Å². The molecular formula is C26H34F3NO3Si. The van der Waals surface area contributed by atoms with Gasteiger partial charge in [-0.15, -0.1) is 0 Å². The number of hydrogen-bond donors (Lipinski definition) is 0. The quantitative estimate of drug-likeness (QED) is 0.285. The Morgan fingerprint density at radius 3 is 1.88 bits per heavy atom. The molecule has 3 rings (SSSR count). The number of β-lactam (4-membered cyclic amide) rings is 1. The number of methoxy groups -OCH3 is 1. The normalized spacial score (nSPS) is 19.2. The maximum atomic E-state index is 13.6. The fourth-order valence-electron chi connectivity index (χ4n) is 5.50. The van der Waals surface area contributed by atoms with E-state index in [4.69, 9.17) is 9.16 Å². The molecule has 1 heterocycles. The number of hydrogen-bond acceptors (Lipinski definition) is 3. The summed E-state index contributed by atoms with van der Waals surface area (Å²) >= 11 is 0. The Hall–Kier alpha value is -2.32. The summed E-state index contributed by atoms with van der Waals surface area (Å²) < 4.78 is 51.9. The summed E-state index contributed by atoms with van der Waals surface area (Å²) in [5.74, 6) is 0.319. The summed E-state index contributed by atoms with van der Waals surface area (Å²) in [6.45, 7) is 12.8. The number of anilines is 1. The number of amides is 1. The number of nitrogens with zero attached hydrogens (tertiary/aromatic N) is 1. The van der Waals surface area contributed by atoms with Gasteiger partial charge in [-0.1, -0.05) is 65.8 Å². The highest BCUT2D eigenvalue weighted by molar-refractivity contribution is 6.77. The maximum Gasteiger partial charge on any atom is 0.416 e. The van der Waals surface area contributed by atoms with E-state index in [0.29, 0.717) is 17.0 Å². The molecule has 0 radical (unpaired) electrons. The molecule has 4 nitrogen and oxygen atoms in total. The zero-order valence-electron chi connectivity index (χ0n) is 20.8. The monoisotopic (exact) mass is 493 g/mol. The number of benzene rings is 2. The van der Waals surface area contributed by atoms with E-state index < -0.39 is 32.2 Å². The van der Waals surface area contributed by atoms with Crippen molar-refractivity contribution in [3.05, 3.63) is 59.7 Å². The Morgan fingerprint density at radius 1 is 0.882 bits per heavy atom. The van der Waals surface area contributed by atoms with E-state index in [-0.39, 0.29) is 22.5 Å². The van der Waals surface area contributed by atoms with Crippen molar-refractivity contribution in [1.29, 1.82) is 0 Å². The molecule has 0 aromatic heterocycles. The molecule has 0 bridgehead atoms. The molecule has 0 aliphatic carbocycles. The fraction of sp³-hybridized carbons (Fsp3) is 0.500. The zero-order chi connectivity index (χ0) is 25.4. The number of carbonyl (C=O) groups is 1. The van der Waals surface area contributed by atoms with E-state index in [9.17, 15) is 18.0 Å². The molecule has 34 heavy (non-hydrogen) atoms. The topological polar surface area (TPSA) is 38.8 Å². The van der Waals surface area contributed by atoms with Crippen molar-refractivity contribution < 1.29 is 27.1 Å². The van der Waals surface area contributed by atoms with E-state index in [1.54, 1.807) is 23.1 Å². The molecule has 1 fully saturated rings. The largest absolute Gasteiger partial charge is 0.495 e. The van der Waals surface area contributed by atoms with Crippen molar-refractivity contribution >= 4 is 19.9 Å². The molecule has 1 saturated heterocycles. The van der Waals surface area contributed by atoms with Crippen molar-refractivity contribution in [3.8, 4) is 5.75 Å². The Morgan fingerprint density at radius 2 is 1.41 bits per heavy atom. The molecule has 0 saturated carbocycles. The van der Waals surface area contributed by atoms with Crippen LogP contribution in [0.3, 0.4) is 0 Å². The molecule has 8 heteroatoms. The minimum absolute atomic E-state index is 0.201. The molecule has 1 amide bonds. The van der Waals surface area contributed by atoms with E-state index >= 15 is 0 Å². The average molecular weight is 494 g/mol. The summed E-state index contributed by atoms with van der Waals surface area (Å²) in [6, 6.07) is 11.6. The summed E-state index contributed by atoms with van der Waals surface area (Å²) in [5, 5.41) is 0. The Labute approximate surface area is 201 Å². The van der Waals surface area contributed by atoms with Crippen LogP contribution < -0.4 is 9.64 Å². The van der Waals surface area contributed by atoms with Gasteiger partial charge >= 0.3 is 6.18 Å². The Balaban J connectivity index is 2.09. The van der Waals surface area contributed by atoms with E-state index in [1.165, 1.54) is 19.2 Å². The van der Waals surface area contributed by atoms with Crippen LogP contribution in [0.25, 0.3) is 0 Å². The third-order valence-corrected chi connectivity index (χ3v) is 13.1. The lowest BCUT2D eigenvalue weighted by atomic mass is 9.89. The smallest absolute Gasteiger partial charge is 0.416 e. The van der Waals surface area contributed by atoms with Gasteiger partial charge in [0.2, 0.25) is 8.32 Å². The van der Waals surface area contributed by atoms with Gasteiger partial charge in [0.05, 0.1) is 24.4 Å². The Kier molecular flexibility index (Phi) is 7.53. The van der Waals surface area contributed by atoms with Crippen molar-refractivity contribution in [3.63, 3.8) is 0 Å². The first kappa shape index (κ1) is 26.3. The van der Waals surface area contributed by atoms with Crippen LogP contribution in [-0.4, -0.2) is 27.4 Å². The highest BCUT2D eigenvalue weighted by Gasteiger charge is 2.56. The molecule has 2 atom stereocenters. The standard InChI is InChI=1S/C26H34F3NO3Si/c1-16(2)34(17(3)4,18(5)6)33-24-23(19-12-14-20(15-13-19)26(27,28)29)30(25(24)31)21-10-8-9-11-22(21)32-7/h8-18,23-24H,1-7H3. The lowest BCUT2D eigenvalue weighted by Gasteiger charge is -2.53. The van der Waals surface area contributed by atoms with Gasteiger partial charge in [0.25, 0.3) is 5.91 Å². The van der Waals surface area contributed by atoms with Crippen LogP contribution in [0.5, 0.6) is 5.75 Å². The second-order valence-electron chi connectivity index (χ2n) is 9.80. The molecule has 0 N–H and O–H groups in total. The summed E-state index contributed by atoms with van der Waals surface area (Å²) in [4.78, 5) is 15.2. The number of ether oxygens (including phenoxy) is 1. The highest BCUT2D eigenvalue weighted by atomic mass is 28.4. The number of carbonyl (C=O) groups excluding carboxylic acids is 1. The lowest BCUT2D eigenvalue weighted by molar-refractivity contribution is -0.138. The van der Waals surface area contributed by atoms with Gasteiger partial charge < -0.3 is 9.16 Å². The predicted molar refractivity (Wildman–Crippen MR) is 131 cm³/mol. The van der Waals surface area contributed by atoms with Crippen LogP contribution in [0, 0.1) is 0 Å². The second kappa shape index (κ2) is 9.74. The van der Waals surface area contributed by atoms with Gasteiger partial charge in [0, 0.05) is 0 Å². The van der Waals surface area contributed by atoms with Crippen LogP contribution in [-0.2, 0) is 15.4 Å². The summed E-state index contributed by atoms with van der Waals surface area (Å²) in [6.07, 6.45) is -5.19. The van der Waals surface area contributed by atoms with E-state index in [1.807, 2.05) is 6.07 Å². The minimum Gasteiger partial charge on any atom is -0.495 e. The minimum atomic E-state index is -4.43. The maximum absolute atomic E-state index is 13.6. The fourth-order valence-corrected chi connectivity index (χ4v) is 11.0. The van der Waals surface area contributed by atoms with E-state index in [0.717, 1.165) is 12.1 Å². The highest BCUT2D eigenvalue weighted by Crippen LogP contribution is 2.50. The van der Waals surface area contributed by atoms with Crippen LogP contribution in [0.15, 0.2) is 48.5 Å². The molecule has 1 aliphatic heterocycles. The van der Waals surface area contributed by atoms with Crippen molar-refractivity contribution in [1.82, 2.24) is 0 Å². The van der Waals surface area contributed by atoms with E-state index in [2.05, 4.69) is 41.5 Å². The van der Waals surface area contributed by atoms with Crippen LogP contribution in [0.1, 0.15) is 58.7 Å². The molecule has 1 aliphatic rings. The molecule has 2 aromatic carbocycles. The summed E-state index contributed by atoms with van der Waals surface area (Å²) in [5.41, 5.74) is 1.23. The molecule has 2 unspecified atom stereocenters. The van der Waals surface area contributed by atoms with Gasteiger partial charge in [-0.3, -0.25) is 9.69 Å². The Bertz CT molecular complexity index is 983. The SMILES string of the molecule is COc1ccccc1N1C(=O)C(O[Si](C(C)C)(C(C)C)C(C)C)C1c1ccc(C(F)(F)F)cc1. The first-order chi connectivity index (χ1) is 15.9.